The topological polar surface area (TPSA) is 41.1 Å². The van der Waals surface area contributed by atoms with Crippen LogP contribution in [0.3, 0.4) is 0 Å². The van der Waals surface area contributed by atoms with E-state index in [1.807, 2.05) is 0 Å². The molecule has 0 radical (unpaired) electrons. The lowest BCUT2D eigenvalue weighted by atomic mass is 9.73. The standard InChI is InChI=1S/C10H18N2O/c1-9(2)4-3-5-10(9)8(13)11-6-7-12-10/h12H,3-7H2,1-2H3,(H,11,13). The Morgan fingerprint density at radius 1 is 1.23 bits per heavy atom. The minimum absolute atomic E-state index is 0.109. The molecule has 0 aromatic rings. The molecule has 1 aliphatic heterocycles. The van der Waals surface area contributed by atoms with Crippen molar-refractivity contribution in [3.63, 3.8) is 0 Å². The fourth-order valence-electron chi connectivity index (χ4n) is 2.78. The first kappa shape index (κ1) is 9.00. The van der Waals surface area contributed by atoms with Crippen molar-refractivity contribution in [1.29, 1.82) is 0 Å². The minimum Gasteiger partial charge on any atom is -0.353 e. The van der Waals surface area contributed by atoms with Gasteiger partial charge >= 0.3 is 0 Å². The first-order valence-corrected chi connectivity index (χ1v) is 5.12. The molecule has 2 N–H and O–H groups in total. The zero-order valence-corrected chi connectivity index (χ0v) is 8.44. The lowest BCUT2D eigenvalue weighted by Crippen LogP contribution is -2.67. The van der Waals surface area contributed by atoms with Gasteiger partial charge in [0.1, 0.15) is 5.54 Å². The predicted octanol–water partition coefficient (Wildman–Crippen LogP) is 0.655. The monoisotopic (exact) mass is 182 g/mol. The van der Waals surface area contributed by atoms with E-state index >= 15 is 0 Å². The molecule has 1 atom stereocenters. The highest BCUT2D eigenvalue weighted by molar-refractivity contribution is 5.88. The van der Waals surface area contributed by atoms with Gasteiger partial charge in [-0.05, 0) is 18.3 Å². The molecule has 1 heterocycles. The Bertz CT molecular complexity index is 237. The number of nitrogens with one attached hydrogen (secondary N) is 2. The molecule has 1 saturated carbocycles. The van der Waals surface area contributed by atoms with Crippen LogP contribution < -0.4 is 10.6 Å². The minimum atomic E-state index is -0.273. The smallest absolute Gasteiger partial charge is 0.240 e. The van der Waals surface area contributed by atoms with E-state index in [2.05, 4.69) is 24.5 Å². The Balaban J connectivity index is 2.31. The molecule has 2 rings (SSSR count). The quantitative estimate of drug-likeness (QED) is 0.577. The van der Waals surface area contributed by atoms with Gasteiger partial charge in [0.15, 0.2) is 0 Å². The maximum atomic E-state index is 11.9. The Kier molecular flexibility index (Phi) is 1.88. The van der Waals surface area contributed by atoms with Crippen molar-refractivity contribution >= 4 is 5.91 Å². The van der Waals surface area contributed by atoms with E-state index in [4.69, 9.17) is 0 Å². The summed E-state index contributed by atoms with van der Waals surface area (Å²) in [5.74, 6) is 0.209. The molecular formula is C10H18N2O. The molecule has 1 spiro atoms. The van der Waals surface area contributed by atoms with Gasteiger partial charge in [-0.2, -0.15) is 0 Å². The summed E-state index contributed by atoms with van der Waals surface area (Å²) in [6.07, 6.45) is 3.30. The summed E-state index contributed by atoms with van der Waals surface area (Å²) in [5.41, 5.74) is -0.164. The van der Waals surface area contributed by atoms with E-state index in [9.17, 15) is 4.79 Å². The summed E-state index contributed by atoms with van der Waals surface area (Å²) >= 11 is 0. The number of carbonyl (C=O) groups excluding carboxylic acids is 1. The molecule has 0 bridgehead atoms. The van der Waals surface area contributed by atoms with Gasteiger partial charge in [0.05, 0.1) is 0 Å². The first-order chi connectivity index (χ1) is 6.08. The molecule has 74 valence electrons. The van der Waals surface area contributed by atoms with Crippen LogP contribution in [-0.4, -0.2) is 24.5 Å². The number of rotatable bonds is 0. The molecule has 13 heavy (non-hydrogen) atoms. The summed E-state index contributed by atoms with van der Waals surface area (Å²) in [6, 6.07) is 0. The third-order valence-electron chi connectivity index (χ3n) is 3.73. The van der Waals surface area contributed by atoms with Gasteiger partial charge < -0.3 is 10.6 Å². The van der Waals surface area contributed by atoms with Crippen molar-refractivity contribution in [2.24, 2.45) is 5.41 Å². The van der Waals surface area contributed by atoms with Gasteiger partial charge in [-0.1, -0.05) is 20.3 Å². The van der Waals surface area contributed by atoms with E-state index in [1.165, 1.54) is 0 Å². The van der Waals surface area contributed by atoms with Crippen LogP contribution in [0.4, 0.5) is 0 Å². The van der Waals surface area contributed by atoms with Crippen molar-refractivity contribution < 1.29 is 4.79 Å². The van der Waals surface area contributed by atoms with Gasteiger partial charge in [-0.25, -0.2) is 0 Å². The zero-order chi connectivity index (χ0) is 9.53. The number of carbonyl (C=O) groups is 1. The Morgan fingerprint density at radius 2 is 2.00 bits per heavy atom. The highest BCUT2D eigenvalue weighted by Crippen LogP contribution is 2.46. The predicted molar refractivity (Wildman–Crippen MR) is 51.4 cm³/mol. The first-order valence-electron chi connectivity index (χ1n) is 5.12. The highest BCUT2D eigenvalue weighted by atomic mass is 16.2. The van der Waals surface area contributed by atoms with Gasteiger partial charge in [-0.3, -0.25) is 4.79 Å². The molecule has 2 fully saturated rings. The van der Waals surface area contributed by atoms with Crippen LogP contribution in [0.15, 0.2) is 0 Å². The van der Waals surface area contributed by atoms with Crippen LogP contribution in [-0.2, 0) is 4.79 Å². The lowest BCUT2D eigenvalue weighted by molar-refractivity contribution is -0.133. The van der Waals surface area contributed by atoms with E-state index in [0.29, 0.717) is 0 Å². The van der Waals surface area contributed by atoms with Crippen molar-refractivity contribution in [2.45, 2.75) is 38.6 Å². The molecule has 3 heteroatoms. The maximum absolute atomic E-state index is 11.9. The second-order valence-corrected chi connectivity index (χ2v) is 4.83. The fourth-order valence-corrected chi connectivity index (χ4v) is 2.78. The Labute approximate surface area is 79.3 Å². The molecule has 1 aliphatic carbocycles. The van der Waals surface area contributed by atoms with Crippen molar-refractivity contribution in [3.05, 3.63) is 0 Å². The molecule has 3 nitrogen and oxygen atoms in total. The number of hydrogen-bond donors (Lipinski definition) is 2. The summed E-state index contributed by atoms with van der Waals surface area (Å²) in [7, 11) is 0. The van der Waals surface area contributed by atoms with Crippen LogP contribution in [0, 0.1) is 5.41 Å². The van der Waals surface area contributed by atoms with Crippen LogP contribution >= 0.6 is 0 Å². The molecule has 1 amide bonds. The van der Waals surface area contributed by atoms with Crippen LogP contribution in [0.25, 0.3) is 0 Å². The van der Waals surface area contributed by atoms with E-state index in [-0.39, 0.29) is 16.9 Å². The van der Waals surface area contributed by atoms with Gasteiger partial charge in [0.25, 0.3) is 0 Å². The molecule has 0 aromatic heterocycles. The number of amides is 1. The molecule has 0 aromatic carbocycles. The van der Waals surface area contributed by atoms with E-state index in [1.54, 1.807) is 0 Å². The largest absolute Gasteiger partial charge is 0.353 e. The Hall–Kier alpha value is -0.570. The molecule has 1 saturated heterocycles. The van der Waals surface area contributed by atoms with Crippen LogP contribution in [0.1, 0.15) is 33.1 Å². The van der Waals surface area contributed by atoms with Crippen molar-refractivity contribution in [1.82, 2.24) is 10.6 Å². The molecule has 2 aliphatic rings. The second-order valence-electron chi connectivity index (χ2n) is 4.83. The molecule has 1 unspecified atom stereocenters. The number of hydrogen-bond acceptors (Lipinski definition) is 2. The summed E-state index contributed by atoms with van der Waals surface area (Å²) < 4.78 is 0. The van der Waals surface area contributed by atoms with Crippen molar-refractivity contribution in [3.8, 4) is 0 Å². The lowest BCUT2D eigenvalue weighted by Gasteiger charge is -2.43. The SMILES string of the molecule is CC1(C)CCCC12NCCNC2=O. The van der Waals surface area contributed by atoms with Crippen LogP contribution in [0.5, 0.6) is 0 Å². The summed E-state index contributed by atoms with van der Waals surface area (Å²) in [5, 5.41) is 6.39. The normalized spacial score (nSPS) is 37.8. The average Bonchev–Trinajstić information content (AvgIpc) is 2.35. The summed E-state index contributed by atoms with van der Waals surface area (Å²) in [6.45, 7) is 6.07. The third kappa shape index (κ3) is 1.10. The average molecular weight is 182 g/mol. The van der Waals surface area contributed by atoms with Gasteiger partial charge in [0, 0.05) is 13.1 Å². The zero-order valence-electron chi connectivity index (χ0n) is 8.44. The van der Waals surface area contributed by atoms with Gasteiger partial charge in [0.2, 0.25) is 5.91 Å². The maximum Gasteiger partial charge on any atom is 0.240 e. The molecular weight excluding hydrogens is 164 g/mol. The number of piperazine rings is 1. The van der Waals surface area contributed by atoms with E-state index < -0.39 is 0 Å². The second kappa shape index (κ2) is 2.71. The Morgan fingerprint density at radius 3 is 2.54 bits per heavy atom. The third-order valence-corrected chi connectivity index (χ3v) is 3.73. The van der Waals surface area contributed by atoms with Gasteiger partial charge in [-0.15, -0.1) is 0 Å². The van der Waals surface area contributed by atoms with E-state index in [0.717, 1.165) is 32.4 Å². The summed E-state index contributed by atoms with van der Waals surface area (Å²) in [4.78, 5) is 11.9. The fraction of sp³-hybridized carbons (Fsp3) is 0.900. The highest BCUT2D eigenvalue weighted by Gasteiger charge is 2.54. The van der Waals surface area contributed by atoms with Crippen LogP contribution in [0.2, 0.25) is 0 Å². The van der Waals surface area contributed by atoms with Crippen molar-refractivity contribution in [2.75, 3.05) is 13.1 Å².